The fourth-order valence-corrected chi connectivity index (χ4v) is 2.39. The van der Waals surface area contributed by atoms with Gasteiger partial charge in [0.25, 0.3) is 5.91 Å². The van der Waals surface area contributed by atoms with Crippen molar-refractivity contribution in [2.75, 3.05) is 40.5 Å². The van der Waals surface area contributed by atoms with Crippen LogP contribution in [0.25, 0.3) is 0 Å². The van der Waals surface area contributed by atoms with Gasteiger partial charge >= 0.3 is 6.01 Å². The van der Waals surface area contributed by atoms with Gasteiger partial charge in [0.2, 0.25) is 0 Å². The molecule has 2 atom stereocenters. The summed E-state index contributed by atoms with van der Waals surface area (Å²) in [4.78, 5) is 22.1. The van der Waals surface area contributed by atoms with E-state index in [2.05, 4.69) is 15.3 Å². The van der Waals surface area contributed by atoms with Crippen molar-refractivity contribution in [2.45, 2.75) is 18.5 Å². The lowest BCUT2D eigenvalue weighted by Gasteiger charge is -2.47. The summed E-state index contributed by atoms with van der Waals surface area (Å²) >= 11 is 0. The zero-order valence-corrected chi connectivity index (χ0v) is 13.1. The Hall–Kier alpha value is -1.77. The van der Waals surface area contributed by atoms with Gasteiger partial charge in [-0.05, 0) is 20.0 Å². The van der Waals surface area contributed by atoms with E-state index in [1.54, 1.807) is 0 Å². The molecule has 0 spiro atoms. The summed E-state index contributed by atoms with van der Waals surface area (Å²) in [6.45, 7) is 3.13. The predicted octanol–water partition coefficient (Wildman–Crippen LogP) is -0.703. The van der Waals surface area contributed by atoms with Crippen LogP contribution >= 0.6 is 0 Å². The Kier molecular flexibility index (Phi) is 5.28. The summed E-state index contributed by atoms with van der Waals surface area (Å²) in [7, 11) is 3.36. The van der Waals surface area contributed by atoms with Crippen LogP contribution in [-0.4, -0.2) is 78.0 Å². The molecule has 1 amide bonds. The van der Waals surface area contributed by atoms with Gasteiger partial charge in [-0.2, -0.15) is 4.98 Å². The van der Waals surface area contributed by atoms with Gasteiger partial charge in [0, 0.05) is 18.8 Å². The Morgan fingerprint density at radius 2 is 2.45 bits per heavy atom. The first-order valence-electron chi connectivity index (χ1n) is 7.09. The third-order valence-corrected chi connectivity index (χ3v) is 4.06. The molecular weight excluding hydrogens is 288 g/mol. The molecule has 1 saturated heterocycles. The van der Waals surface area contributed by atoms with Gasteiger partial charge in [-0.25, -0.2) is 4.98 Å². The van der Waals surface area contributed by atoms with Gasteiger partial charge in [0.15, 0.2) is 0 Å². The molecule has 1 aromatic heterocycles. The molecular formula is C14H22N4O4. The van der Waals surface area contributed by atoms with Crippen molar-refractivity contribution in [1.82, 2.24) is 20.2 Å². The van der Waals surface area contributed by atoms with Crippen molar-refractivity contribution in [3.05, 3.63) is 18.0 Å². The van der Waals surface area contributed by atoms with Crippen LogP contribution < -0.4 is 10.1 Å². The van der Waals surface area contributed by atoms with Crippen LogP contribution in [0, 0.1) is 0 Å². The molecule has 8 nitrogen and oxygen atoms in total. The lowest BCUT2D eigenvalue weighted by molar-refractivity contribution is -0.105. The molecule has 2 N–H and O–H groups in total. The number of likely N-dealkylation sites (N-methyl/N-ethyl adjacent to an activating group) is 1. The molecule has 122 valence electrons. The normalized spacial score (nSPS) is 25.7. The molecule has 0 bridgehead atoms. The third kappa shape index (κ3) is 3.34. The molecule has 2 heterocycles. The summed E-state index contributed by atoms with van der Waals surface area (Å²) < 4.78 is 10.4. The maximum atomic E-state index is 12.2. The van der Waals surface area contributed by atoms with Crippen LogP contribution in [0.4, 0.5) is 0 Å². The molecule has 1 aromatic rings. The summed E-state index contributed by atoms with van der Waals surface area (Å²) in [6, 6.07) is 1.81. The fraction of sp³-hybridized carbons (Fsp3) is 0.643. The van der Waals surface area contributed by atoms with Crippen LogP contribution in [0.15, 0.2) is 12.3 Å². The molecule has 1 fully saturated rings. The van der Waals surface area contributed by atoms with Crippen molar-refractivity contribution in [2.24, 2.45) is 0 Å². The average Bonchev–Trinajstić information content (AvgIpc) is 2.56. The first-order chi connectivity index (χ1) is 10.5. The van der Waals surface area contributed by atoms with E-state index in [9.17, 15) is 9.90 Å². The molecule has 0 aromatic carbocycles. The summed E-state index contributed by atoms with van der Waals surface area (Å²) in [6.07, 6.45) is 1.46. The highest BCUT2D eigenvalue weighted by Gasteiger charge is 2.40. The smallest absolute Gasteiger partial charge is 0.316 e. The zero-order chi connectivity index (χ0) is 16.2. The minimum atomic E-state index is -0.634. The van der Waals surface area contributed by atoms with Crippen molar-refractivity contribution in [3.8, 4) is 6.01 Å². The number of carbonyl (C=O) groups excluding carboxylic acids is 1. The Bertz CT molecular complexity index is 527. The molecule has 22 heavy (non-hydrogen) atoms. The maximum absolute atomic E-state index is 12.2. The third-order valence-electron chi connectivity index (χ3n) is 4.06. The number of aliphatic hydroxyl groups excluding tert-OH is 1. The van der Waals surface area contributed by atoms with Crippen LogP contribution in [0.5, 0.6) is 6.01 Å². The van der Waals surface area contributed by atoms with Gasteiger partial charge in [0.05, 0.1) is 32.5 Å². The number of aliphatic hydroxyl groups is 1. The topological polar surface area (TPSA) is 96.8 Å². The van der Waals surface area contributed by atoms with E-state index in [1.165, 1.54) is 19.4 Å². The lowest BCUT2D eigenvalue weighted by atomic mass is 9.96. The number of hydrogen-bond donors (Lipinski definition) is 2. The Morgan fingerprint density at radius 1 is 1.68 bits per heavy atom. The van der Waals surface area contributed by atoms with Crippen LogP contribution in [-0.2, 0) is 4.74 Å². The highest BCUT2D eigenvalue weighted by molar-refractivity contribution is 5.92. The molecule has 0 radical (unpaired) electrons. The summed E-state index contributed by atoms with van der Waals surface area (Å²) in [5.41, 5.74) is -0.419. The van der Waals surface area contributed by atoms with Crippen LogP contribution in [0.3, 0.4) is 0 Å². The monoisotopic (exact) mass is 310 g/mol. The number of aromatic nitrogens is 2. The predicted molar refractivity (Wildman–Crippen MR) is 78.8 cm³/mol. The standard InChI is InChI=1S/C14H22N4O4/c1-10-6-22-9-14(8-19,18(10)2)7-16-12(20)11-4-5-15-13(17-11)21-3/h4-5,10,19H,6-9H2,1-3H3,(H,16,20)/t10-,14+/m1/s1. The summed E-state index contributed by atoms with van der Waals surface area (Å²) in [5.74, 6) is -0.347. The molecule has 1 aliphatic heterocycles. The largest absolute Gasteiger partial charge is 0.467 e. The summed E-state index contributed by atoms with van der Waals surface area (Å²) in [5, 5.41) is 12.6. The minimum absolute atomic E-state index is 0.110. The second-order valence-electron chi connectivity index (χ2n) is 5.47. The van der Waals surface area contributed by atoms with E-state index in [1.807, 2.05) is 18.9 Å². The van der Waals surface area contributed by atoms with Crippen molar-refractivity contribution in [3.63, 3.8) is 0 Å². The number of hydrogen-bond acceptors (Lipinski definition) is 7. The van der Waals surface area contributed by atoms with E-state index in [-0.39, 0.29) is 36.8 Å². The number of carbonyl (C=O) groups is 1. The minimum Gasteiger partial charge on any atom is -0.467 e. The van der Waals surface area contributed by atoms with Crippen molar-refractivity contribution in [1.29, 1.82) is 0 Å². The number of amides is 1. The average molecular weight is 310 g/mol. The number of nitrogens with zero attached hydrogens (tertiary/aromatic N) is 3. The second kappa shape index (κ2) is 6.99. The van der Waals surface area contributed by atoms with E-state index in [0.29, 0.717) is 13.2 Å². The van der Waals surface area contributed by atoms with Crippen LogP contribution in [0.1, 0.15) is 17.4 Å². The zero-order valence-electron chi connectivity index (χ0n) is 13.1. The lowest BCUT2D eigenvalue weighted by Crippen LogP contribution is -2.65. The number of nitrogens with one attached hydrogen (secondary N) is 1. The molecule has 0 unspecified atom stereocenters. The van der Waals surface area contributed by atoms with Gasteiger partial charge in [-0.15, -0.1) is 0 Å². The highest BCUT2D eigenvalue weighted by atomic mass is 16.5. The maximum Gasteiger partial charge on any atom is 0.316 e. The van der Waals surface area contributed by atoms with Crippen LogP contribution in [0.2, 0.25) is 0 Å². The Morgan fingerprint density at radius 3 is 3.14 bits per heavy atom. The number of morpholine rings is 1. The highest BCUT2D eigenvalue weighted by Crippen LogP contribution is 2.21. The first-order valence-corrected chi connectivity index (χ1v) is 7.09. The van der Waals surface area contributed by atoms with Gasteiger partial charge < -0.3 is 19.9 Å². The molecule has 0 aliphatic carbocycles. The molecule has 2 rings (SSSR count). The van der Waals surface area contributed by atoms with Gasteiger partial charge in [0.1, 0.15) is 5.69 Å². The second-order valence-corrected chi connectivity index (χ2v) is 5.47. The van der Waals surface area contributed by atoms with Gasteiger partial charge in [-0.3, -0.25) is 9.69 Å². The Labute approximate surface area is 129 Å². The first kappa shape index (κ1) is 16.6. The molecule has 1 aliphatic rings. The number of ether oxygens (including phenoxy) is 2. The van der Waals surface area contributed by atoms with Crippen molar-refractivity contribution < 1.29 is 19.4 Å². The van der Waals surface area contributed by atoms with E-state index in [0.717, 1.165) is 0 Å². The van der Waals surface area contributed by atoms with Gasteiger partial charge in [-0.1, -0.05) is 0 Å². The quantitative estimate of drug-likeness (QED) is 0.742. The van der Waals surface area contributed by atoms with E-state index >= 15 is 0 Å². The van der Waals surface area contributed by atoms with E-state index < -0.39 is 5.54 Å². The number of rotatable bonds is 5. The SMILES string of the molecule is COc1nccc(C(=O)NC[C@]2(CO)COC[C@@H](C)N2C)n1. The molecule has 8 heteroatoms. The van der Waals surface area contributed by atoms with E-state index in [4.69, 9.17) is 9.47 Å². The fourth-order valence-electron chi connectivity index (χ4n) is 2.39. The molecule has 0 saturated carbocycles. The Balaban J connectivity index is 2.05. The number of methoxy groups -OCH3 is 1. The van der Waals surface area contributed by atoms with Crippen molar-refractivity contribution >= 4 is 5.91 Å².